The minimum absolute atomic E-state index is 0.166. The maximum Gasteiger partial charge on any atom is 0.336 e. The van der Waals surface area contributed by atoms with Gasteiger partial charge in [-0.2, -0.15) is 0 Å². The molecule has 8 nitrogen and oxygen atoms in total. The molecule has 1 saturated heterocycles. The average molecular weight is 564 g/mol. The number of furan rings is 1. The van der Waals surface area contributed by atoms with Crippen LogP contribution >= 0.6 is 12.2 Å². The monoisotopic (exact) mass is 563 g/mol. The van der Waals surface area contributed by atoms with Crippen molar-refractivity contribution in [3.8, 4) is 28.6 Å². The van der Waals surface area contributed by atoms with Crippen molar-refractivity contribution in [1.29, 1.82) is 0 Å². The Bertz CT molecular complexity index is 1690. The van der Waals surface area contributed by atoms with Crippen LogP contribution in [0.3, 0.4) is 0 Å². The molecule has 0 aliphatic carbocycles. The zero-order valence-corrected chi connectivity index (χ0v) is 22.7. The number of benzene rings is 3. The van der Waals surface area contributed by atoms with Gasteiger partial charge in [-0.25, -0.2) is 4.79 Å². The van der Waals surface area contributed by atoms with E-state index in [-0.39, 0.29) is 11.6 Å². The minimum atomic E-state index is -1.02. The fourth-order valence-electron chi connectivity index (χ4n) is 4.92. The maximum absolute atomic E-state index is 11.8. The van der Waals surface area contributed by atoms with Crippen molar-refractivity contribution in [2.75, 3.05) is 12.0 Å². The van der Waals surface area contributed by atoms with E-state index in [1.54, 1.807) is 43.6 Å². The van der Waals surface area contributed by atoms with Crippen molar-refractivity contribution in [2.24, 2.45) is 0 Å². The van der Waals surface area contributed by atoms with Gasteiger partial charge in [0.15, 0.2) is 5.11 Å². The number of rotatable bonds is 8. The number of anilines is 1. The van der Waals surface area contributed by atoms with Gasteiger partial charge in [-0.1, -0.05) is 24.3 Å². The highest BCUT2D eigenvalue weighted by Gasteiger charge is 2.42. The first-order valence-corrected chi connectivity index (χ1v) is 13.3. The Morgan fingerprint density at radius 3 is 2.27 bits per heavy atom. The predicted molar refractivity (Wildman–Crippen MR) is 159 cm³/mol. The van der Waals surface area contributed by atoms with Gasteiger partial charge < -0.3 is 29.2 Å². The van der Waals surface area contributed by atoms with Crippen molar-refractivity contribution in [2.45, 2.75) is 12.1 Å². The summed E-state index contributed by atoms with van der Waals surface area (Å²) in [5.41, 5.74) is 2.29. The number of carbonyl (C=O) groups is 1. The van der Waals surface area contributed by atoms with Gasteiger partial charge in [0, 0.05) is 17.4 Å². The van der Waals surface area contributed by atoms with E-state index < -0.39 is 12.0 Å². The molecule has 2 aromatic heterocycles. The van der Waals surface area contributed by atoms with Crippen molar-refractivity contribution < 1.29 is 23.8 Å². The van der Waals surface area contributed by atoms with Crippen LogP contribution in [0.5, 0.6) is 17.2 Å². The second-order valence-electron chi connectivity index (χ2n) is 9.32. The summed E-state index contributed by atoms with van der Waals surface area (Å²) < 4.78 is 17.6. The molecule has 0 unspecified atom stereocenters. The number of aromatic nitrogens is 1. The molecule has 1 fully saturated rings. The van der Waals surface area contributed by atoms with Crippen LogP contribution in [0.1, 0.15) is 33.9 Å². The van der Waals surface area contributed by atoms with Crippen LogP contribution in [0.25, 0.3) is 11.3 Å². The highest BCUT2D eigenvalue weighted by atomic mass is 32.1. The molecule has 0 spiro atoms. The molecule has 2 N–H and O–H groups in total. The summed E-state index contributed by atoms with van der Waals surface area (Å²) in [6, 6.07) is 30.4. The molecular formula is C32H25N3O5S. The van der Waals surface area contributed by atoms with Crippen molar-refractivity contribution in [3.63, 3.8) is 0 Å². The standard InChI is InChI=1S/C32H25N3O5S/c1-38-21-13-15-23(16-14-21)39-22-11-9-20(10-12-22)35-30(29(34-32(35)41)26-8-4-5-19-33-26)28-18-17-27(40-28)24-6-2-3-7-25(24)31(36)37/h2-19,29-30H,1H3,(H,34,41)(H,36,37)/t29-,30+/m1/s1. The summed E-state index contributed by atoms with van der Waals surface area (Å²) >= 11 is 5.82. The molecule has 0 saturated carbocycles. The molecule has 9 heteroatoms. The van der Waals surface area contributed by atoms with Crippen molar-refractivity contribution in [3.05, 3.63) is 126 Å². The summed E-state index contributed by atoms with van der Waals surface area (Å²) in [5.74, 6) is 2.16. The summed E-state index contributed by atoms with van der Waals surface area (Å²) in [6.07, 6.45) is 1.74. The van der Waals surface area contributed by atoms with Gasteiger partial charge in [0.2, 0.25) is 0 Å². The number of methoxy groups -OCH3 is 1. The van der Waals surface area contributed by atoms with E-state index in [9.17, 15) is 9.90 Å². The van der Waals surface area contributed by atoms with Gasteiger partial charge in [-0.3, -0.25) is 4.98 Å². The van der Waals surface area contributed by atoms with E-state index in [0.717, 1.165) is 17.1 Å². The molecule has 5 aromatic rings. The van der Waals surface area contributed by atoms with Crippen LogP contribution < -0.4 is 19.7 Å². The van der Waals surface area contributed by atoms with E-state index in [4.69, 9.17) is 26.1 Å². The molecule has 2 atom stereocenters. The summed E-state index contributed by atoms with van der Waals surface area (Å²) in [7, 11) is 1.62. The Labute approximate surface area is 241 Å². The fraction of sp³-hybridized carbons (Fsp3) is 0.0938. The van der Waals surface area contributed by atoms with Crippen LogP contribution in [0.2, 0.25) is 0 Å². The molecule has 6 rings (SSSR count). The van der Waals surface area contributed by atoms with Gasteiger partial charge in [-0.05, 0) is 91.1 Å². The first-order chi connectivity index (χ1) is 20.0. The van der Waals surface area contributed by atoms with Crippen molar-refractivity contribution in [1.82, 2.24) is 10.3 Å². The molecule has 204 valence electrons. The molecule has 0 radical (unpaired) electrons. The second kappa shape index (κ2) is 11.1. The highest BCUT2D eigenvalue weighted by Crippen LogP contribution is 2.43. The van der Waals surface area contributed by atoms with Crippen LogP contribution in [-0.2, 0) is 0 Å². The molecule has 3 aromatic carbocycles. The smallest absolute Gasteiger partial charge is 0.336 e. The van der Waals surface area contributed by atoms with E-state index in [0.29, 0.717) is 33.7 Å². The largest absolute Gasteiger partial charge is 0.497 e. The molecule has 1 aliphatic rings. The van der Waals surface area contributed by atoms with Gasteiger partial charge in [0.05, 0.1) is 24.4 Å². The minimum Gasteiger partial charge on any atom is -0.497 e. The number of nitrogens with one attached hydrogen (secondary N) is 1. The van der Waals surface area contributed by atoms with E-state index in [1.165, 1.54) is 0 Å². The van der Waals surface area contributed by atoms with E-state index in [2.05, 4.69) is 10.3 Å². The lowest BCUT2D eigenvalue weighted by molar-refractivity contribution is 0.0697. The average Bonchev–Trinajstić information content (AvgIpc) is 3.63. The molecule has 0 amide bonds. The zero-order chi connectivity index (χ0) is 28.3. The van der Waals surface area contributed by atoms with E-state index in [1.807, 2.05) is 77.7 Å². The Morgan fingerprint density at radius 2 is 1.59 bits per heavy atom. The normalized spacial score (nSPS) is 16.3. The Balaban J connectivity index is 1.35. The number of nitrogens with zero attached hydrogens (tertiary/aromatic N) is 2. The Hall–Kier alpha value is -5.15. The van der Waals surface area contributed by atoms with Crippen LogP contribution in [0, 0.1) is 0 Å². The number of carboxylic acid groups (broad SMARTS) is 1. The molecule has 0 bridgehead atoms. The van der Waals surface area contributed by atoms with Gasteiger partial charge in [0.1, 0.15) is 34.8 Å². The number of hydrogen-bond acceptors (Lipinski definition) is 6. The first-order valence-electron chi connectivity index (χ1n) is 12.9. The molecular weight excluding hydrogens is 538 g/mol. The van der Waals surface area contributed by atoms with Gasteiger partial charge in [-0.15, -0.1) is 0 Å². The number of ether oxygens (including phenoxy) is 2. The second-order valence-corrected chi connectivity index (χ2v) is 9.71. The summed E-state index contributed by atoms with van der Waals surface area (Å²) in [6.45, 7) is 0. The third-order valence-corrected chi connectivity index (χ3v) is 7.16. The third kappa shape index (κ3) is 5.22. The van der Waals surface area contributed by atoms with Crippen LogP contribution in [0.4, 0.5) is 5.69 Å². The lowest BCUT2D eigenvalue weighted by Crippen LogP contribution is -2.29. The molecule has 3 heterocycles. The number of thiocarbonyl (C=S) groups is 1. The number of pyridine rings is 1. The molecule has 41 heavy (non-hydrogen) atoms. The highest BCUT2D eigenvalue weighted by molar-refractivity contribution is 7.80. The van der Waals surface area contributed by atoms with Crippen LogP contribution in [0.15, 0.2) is 114 Å². The SMILES string of the molecule is COc1ccc(Oc2ccc(N3C(=S)N[C@H](c4ccccn4)[C@@H]3c3ccc(-c4ccccc4C(=O)O)o3)cc2)cc1. The lowest BCUT2D eigenvalue weighted by Gasteiger charge is -2.26. The van der Waals surface area contributed by atoms with Crippen molar-refractivity contribution >= 4 is 29.0 Å². The quantitative estimate of drug-likeness (QED) is 0.193. The fourth-order valence-corrected chi connectivity index (χ4v) is 5.26. The number of carboxylic acids is 1. The van der Waals surface area contributed by atoms with Gasteiger partial charge >= 0.3 is 5.97 Å². The lowest BCUT2D eigenvalue weighted by atomic mass is 10.0. The molecule has 1 aliphatic heterocycles. The predicted octanol–water partition coefficient (Wildman–Crippen LogP) is 7.02. The third-order valence-electron chi connectivity index (χ3n) is 6.85. The Kier molecular flexibility index (Phi) is 7.09. The topological polar surface area (TPSA) is 97.1 Å². The van der Waals surface area contributed by atoms with Crippen LogP contribution in [-0.4, -0.2) is 28.3 Å². The summed E-state index contributed by atoms with van der Waals surface area (Å²) in [4.78, 5) is 18.4. The number of aromatic carboxylic acids is 1. The number of hydrogen-bond donors (Lipinski definition) is 2. The maximum atomic E-state index is 11.8. The first kappa shape index (κ1) is 26.1. The summed E-state index contributed by atoms with van der Waals surface area (Å²) in [5, 5.41) is 13.6. The van der Waals surface area contributed by atoms with Gasteiger partial charge in [0.25, 0.3) is 0 Å². The Morgan fingerprint density at radius 1 is 0.902 bits per heavy atom. The zero-order valence-electron chi connectivity index (χ0n) is 21.9. The van der Waals surface area contributed by atoms with E-state index >= 15 is 0 Å².